The minimum Gasteiger partial charge on any atom is -0.310 e. The van der Waals surface area contributed by atoms with Gasteiger partial charge in [-0.3, -0.25) is 9.59 Å². The summed E-state index contributed by atoms with van der Waals surface area (Å²) in [6, 6.07) is 49.4. The van der Waals surface area contributed by atoms with E-state index in [4.69, 9.17) is 0 Å². The molecule has 0 atom stereocenters. The summed E-state index contributed by atoms with van der Waals surface area (Å²) in [6.45, 7) is 0. The molecule has 3 heteroatoms. The first-order valence-electron chi connectivity index (χ1n) is 14.4. The zero-order chi connectivity index (χ0) is 28.9. The van der Waals surface area contributed by atoms with Crippen LogP contribution in [0, 0.1) is 0 Å². The Hall–Kier alpha value is -5.80. The predicted octanol–water partition coefficient (Wildman–Crippen LogP) is 10.1. The Bertz CT molecular complexity index is 2240. The quantitative estimate of drug-likeness (QED) is 0.124. The van der Waals surface area contributed by atoms with Crippen molar-refractivity contribution in [2.45, 2.75) is 0 Å². The first-order valence-corrected chi connectivity index (χ1v) is 14.4. The van der Waals surface area contributed by atoms with Crippen molar-refractivity contribution < 1.29 is 9.59 Å². The molecule has 0 bridgehead atoms. The minimum atomic E-state index is -0.211. The van der Waals surface area contributed by atoms with Crippen LogP contribution in [0.1, 0.15) is 26.3 Å². The highest BCUT2D eigenvalue weighted by atomic mass is 16.2. The van der Waals surface area contributed by atoms with Crippen LogP contribution in [0.15, 0.2) is 151 Å². The van der Waals surface area contributed by atoms with Crippen LogP contribution in [-0.4, -0.2) is 11.6 Å². The van der Waals surface area contributed by atoms with E-state index in [2.05, 4.69) is 108 Å². The van der Waals surface area contributed by atoms with Gasteiger partial charge in [-0.2, -0.15) is 0 Å². The lowest BCUT2D eigenvalue weighted by molar-refractivity contribution is 0.0990. The Balaban J connectivity index is 1.24. The van der Waals surface area contributed by atoms with Crippen molar-refractivity contribution in [2.24, 2.45) is 0 Å². The van der Waals surface area contributed by atoms with Crippen LogP contribution in [0.3, 0.4) is 0 Å². The SMILES string of the molecule is O=C1C(=Cc2ccc3cc(N(c4ccccc4)c4cccc5c4ccc4ccccc45)ccc3c2)C(=O)c2ccccc21. The Morgan fingerprint density at radius 1 is 0.442 bits per heavy atom. The monoisotopic (exact) mass is 551 g/mol. The number of para-hydroxylation sites is 1. The smallest absolute Gasteiger partial charge is 0.197 e. The van der Waals surface area contributed by atoms with Crippen LogP contribution in [0.25, 0.3) is 38.4 Å². The molecule has 0 aliphatic heterocycles. The first kappa shape index (κ1) is 25.0. The molecule has 0 saturated heterocycles. The summed E-state index contributed by atoms with van der Waals surface area (Å²) in [5.41, 5.74) is 5.22. The first-order chi connectivity index (χ1) is 21.2. The molecule has 0 N–H and O–H groups in total. The number of rotatable bonds is 4. The fraction of sp³-hybridized carbons (Fsp3) is 0. The highest BCUT2D eigenvalue weighted by molar-refractivity contribution is 6.41. The van der Waals surface area contributed by atoms with Gasteiger partial charge in [0.05, 0.1) is 11.3 Å². The third-order valence-corrected chi connectivity index (χ3v) is 8.34. The van der Waals surface area contributed by atoms with E-state index in [-0.39, 0.29) is 17.1 Å². The summed E-state index contributed by atoms with van der Waals surface area (Å²) < 4.78 is 0. The second-order valence-corrected chi connectivity index (χ2v) is 10.9. The van der Waals surface area contributed by atoms with Crippen molar-refractivity contribution in [3.63, 3.8) is 0 Å². The summed E-state index contributed by atoms with van der Waals surface area (Å²) >= 11 is 0. The summed E-state index contributed by atoms with van der Waals surface area (Å²) in [7, 11) is 0. The van der Waals surface area contributed by atoms with Crippen LogP contribution < -0.4 is 4.90 Å². The van der Waals surface area contributed by atoms with Gasteiger partial charge in [-0.25, -0.2) is 0 Å². The van der Waals surface area contributed by atoms with E-state index in [0.29, 0.717) is 11.1 Å². The molecule has 7 aromatic rings. The number of anilines is 3. The number of carbonyl (C=O) groups is 2. The molecule has 202 valence electrons. The summed E-state index contributed by atoms with van der Waals surface area (Å²) in [4.78, 5) is 28.2. The second kappa shape index (κ2) is 9.93. The summed E-state index contributed by atoms with van der Waals surface area (Å²) in [6.07, 6.45) is 1.72. The molecular formula is C40H25NO2. The zero-order valence-electron chi connectivity index (χ0n) is 23.2. The number of nitrogens with zero attached hydrogens (tertiary/aromatic N) is 1. The minimum absolute atomic E-state index is 0.211. The molecule has 3 nitrogen and oxygen atoms in total. The van der Waals surface area contributed by atoms with E-state index in [0.717, 1.165) is 33.4 Å². The van der Waals surface area contributed by atoms with Crippen LogP contribution >= 0.6 is 0 Å². The highest BCUT2D eigenvalue weighted by Crippen LogP contribution is 2.41. The molecule has 1 aliphatic carbocycles. The molecule has 0 amide bonds. The third-order valence-electron chi connectivity index (χ3n) is 8.34. The van der Waals surface area contributed by atoms with Gasteiger partial charge < -0.3 is 4.90 Å². The molecular weight excluding hydrogens is 526 g/mol. The van der Waals surface area contributed by atoms with E-state index < -0.39 is 0 Å². The van der Waals surface area contributed by atoms with Gasteiger partial charge in [0.2, 0.25) is 0 Å². The van der Waals surface area contributed by atoms with Crippen LogP contribution in [0.2, 0.25) is 0 Å². The van der Waals surface area contributed by atoms with E-state index in [1.165, 1.54) is 21.5 Å². The number of hydrogen-bond donors (Lipinski definition) is 0. The van der Waals surface area contributed by atoms with Gasteiger partial charge >= 0.3 is 0 Å². The standard InChI is InChI=1S/C40H25NO2/c42-39-35-13-6-7-14-36(35)40(43)37(39)24-26-17-18-29-25-31(21-19-28(29)23-26)41(30-10-2-1-3-11-30)38-16-8-15-33-32-12-5-4-9-27(32)20-22-34(33)38/h1-25H. The van der Waals surface area contributed by atoms with E-state index in [9.17, 15) is 9.59 Å². The molecule has 0 fully saturated rings. The predicted molar refractivity (Wildman–Crippen MR) is 177 cm³/mol. The van der Waals surface area contributed by atoms with Crippen molar-refractivity contribution >= 4 is 67.0 Å². The molecule has 0 radical (unpaired) electrons. The lowest BCUT2D eigenvalue weighted by Gasteiger charge is -2.27. The number of allylic oxidation sites excluding steroid dienone is 1. The summed E-state index contributed by atoms with van der Waals surface area (Å²) in [5.74, 6) is -0.421. The highest BCUT2D eigenvalue weighted by Gasteiger charge is 2.32. The van der Waals surface area contributed by atoms with Crippen molar-refractivity contribution in [1.82, 2.24) is 0 Å². The van der Waals surface area contributed by atoms with Crippen LogP contribution in [0.5, 0.6) is 0 Å². The van der Waals surface area contributed by atoms with Gasteiger partial charge in [0.15, 0.2) is 11.6 Å². The second-order valence-electron chi connectivity index (χ2n) is 10.9. The Kier molecular flexibility index (Phi) is 5.76. The molecule has 8 rings (SSSR count). The normalized spacial score (nSPS) is 12.7. The maximum atomic E-state index is 12.9. The van der Waals surface area contributed by atoms with Crippen LogP contribution in [-0.2, 0) is 0 Å². The van der Waals surface area contributed by atoms with Crippen molar-refractivity contribution in [3.05, 3.63) is 168 Å². The Labute approximate surface area is 248 Å². The average molecular weight is 552 g/mol. The third kappa shape index (κ3) is 4.13. The fourth-order valence-corrected chi connectivity index (χ4v) is 6.27. The molecule has 0 heterocycles. The fourth-order valence-electron chi connectivity index (χ4n) is 6.27. The number of carbonyl (C=O) groups excluding carboxylic acids is 2. The lowest BCUT2D eigenvalue weighted by Crippen LogP contribution is -2.10. The molecule has 1 aliphatic rings. The van der Waals surface area contributed by atoms with Gasteiger partial charge in [-0.1, -0.05) is 109 Å². The molecule has 0 saturated carbocycles. The molecule has 0 unspecified atom stereocenters. The van der Waals surface area contributed by atoms with Crippen LogP contribution in [0.4, 0.5) is 17.1 Å². The van der Waals surface area contributed by atoms with Crippen molar-refractivity contribution in [2.75, 3.05) is 4.90 Å². The van der Waals surface area contributed by atoms with Gasteiger partial charge in [-0.05, 0) is 75.0 Å². The molecule has 7 aromatic carbocycles. The van der Waals surface area contributed by atoms with Crippen molar-refractivity contribution in [1.29, 1.82) is 0 Å². The maximum absolute atomic E-state index is 12.9. The molecule has 0 aromatic heterocycles. The number of fused-ring (bicyclic) bond motifs is 5. The maximum Gasteiger partial charge on any atom is 0.197 e. The Morgan fingerprint density at radius 3 is 1.91 bits per heavy atom. The Morgan fingerprint density at radius 2 is 1.09 bits per heavy atom. The number of hydrogen-bond acceptors (Lipinski definition) is 3. The van der Waals surface area contributed by atoms with E-state index in [1.54, 1.807) is 30.3 Å². The van der Waals surface area contributed by atoms with Gasteiger partial charge in [0.25, 0.3) is 0 Å². The molecule has 43 heavy (non-hydrogen) atoms. The largest absolute Gasteiger partial charge is 0.310 e. The van der Waals surface area contributed by atoms with Gasteiger partial charge in [-0.15, -0.1) is 0 Å². The molecule has 0 spiro atoms. The number of Topliss-reactive ketones (excluding diaryl/α,β-unsaturated/α-hetero) is 2. The zero-order valence-corrected chi connectivity index (χ0v) is 23.2. The summed E-state index contributed by atoms with van der Waals surface area (Å²) in [5, 5.41) is 6.95. The number of ketones is 2. The topological polar surface area (TPSA) is 37.4 Å². The average Bonchev–Trinajstić information content (AvgIpc) is 3.30. The van der Waals surface area contributed by atoms with E-state index >= 15 is 0 Å². The number of benzene rings is 7. The lowest BCUT2D eigenvalue weighted by atomic mass is 9.99. The van der Waals surface area contributed by atoms with Gasteiger partial charge in [0.1, 0.15) is 0 Å². The van der Waals surface area contributed by atoms with E-state index in [1.807, 2.05) is 18.2 Å². The van der Waals surface area contributed by atoms with Gasteiger partial charge in [0, 0.05) is 27.9 Å². The van der Waals surface area contributed by atoms with Crippen molar-refractivity contribution in [3.8, 4) is 0 Å².